The molecule has 2 rings (SSSR count). The number of hydrogen-bond acceptors (Lipinski definition) is 4. The standard InChI is InChI=1S/C11H20N4O/c1-9(2)15-10(13-8-14-15)5-11(6-12)3-4-16-7-11/h8-9H,3-7,12H2,1-2H3. The van der Waals surface area contributed by atoms with Gasteiger partial charge >= 0.3 is 0 Å². The van der Waals surface area contributed by atoms with Gasteiger partial charge in [-0.2, -0.15) is 5.10 Å². The Bertz CT molecular complexity index is 342. The van der Waals surface area contributed by atoms with Crippen LogP contribution in [0.2, 0.25) is 0 Å². The minimum absolute atomic E-state index is 0.0691. The maximum Gasteiger partial charge on any atom is 0.138 e. The van der Waals surface area contributed by atoms with Crippen molar-refractivity contribution in [3.05, 3.63) is 12.2 Å². The van der Waals surface area contributed by atoms with Crippen LogP contribution >= 0.6 is 0 Å². The lowest BCUT2D eigenvalue weighted by Gasteiger charge is -2.25. The third kappa shape index (κ3) is 2.10. The molecule has 2 N–H and O–H groups in total. The molecule has 0 amide bonds. The molecule has 5 heteroatoms. The Hall–Kier alpha value is -0.940. The zero-order valence-corrected chi connectivity index (χ0v) is 10.0. The van der Waals surface area contributed by atoms with E-state index in [9.17, 15) is 0 Å². The molecule has 0 spiro atoms. The molecule has 2 heterocycles. The summed E-state index contributed by atoms with van der Waals surface area (Å²) in [6, 6.07) is 0.342. The molecular formula is C11H20N4O. The van der Waals surface area contributed by atoms with Gasteiger partial charge in [0.2, 0.25) is 0 Å². The van der Waals surface area contributed by atoms with Gasteiger partial charge in [0.1, 0.15) is 12.2 Å². The van der Waals surface area contributed by atoms with Crippen LogP contribution in [0.15, 0.2) is 6.33 Å². The summed E-state index contributed by atoms with van der Waals surface area (Å²) in [7, 11) is 0. The molecule has 0 bridgehead atoms. The average Bonchev–Trinajstić information content (AvgIpc) is 2.88. The first-order chi connectivity index (χ1) is 7.67. The van der Waals surface area contributed by atoms with Crippen LogP contribution in [0.4, 0.5) is 0 Å². The lowest BCUT2D eigenvalue weighted by Crippen LogP contribution is -2.34. The van der Waals surface area contributed by atoms with Crippen LogP contribution in [-0.4, -0.2) is 34.5 Å². The fourth-order valence-electron chi connectivity index (χ4n) is 2.19. The van der Waals surface area contributed by atoms with E-state index >= 15 is 0 Å². The summed E-state index contributed by atoms with van der Waals surface area (Å²) >= 11 is 0. The third-order valence-electron chi connectivity index (χ3n) is 3.29. The normalized spacial score (nSPS) is 25.5. The van der Waals surface area contributed by atoms with E-state index in [0.717, 1.165) is 31.9 Å². The third-order valence-corrected chi connectivity index (χ3v) is 3.29. The van der Waals surface area contributed by atoms with E-state index in [4.69, 9.17) is 10.5 Å². The smallest absolute Gasteiger partial charge is 0.138 e. The van der Waals surface area contributed by atoms with Crippen LogP contribution in [-0.2, 0) is 11.2 Å². The molecule has 1 aliphatic rings. The van der Waals surface area contributed by atoms with Crippen molar-refractivity contribution in [1.82, 2.24) is 14.8 Å². The van der Waals surface area contributed by atoms with Crippen LogP contribution in [0.3, 0.4) is 0 Å². The molecule has 0 radical (unpaired) electrons. The number of nitrogens with two attached hydrogens (primary N) is 1. The maximum absolute atomic E-state index is 5.87. The lowest BCUT2D eigenvalue weighted by atomic mass is 9.83. The van der Waals surface area contributed by atoms with Crippen molar-refractivity contribution >= 4 is 0 Å². The highest BCUT2D eigenvalue weighted by atomic mass is 16.5. The monoisotopic (exact) mass is 224 g/mol. The Morgan fingerprint density at radius 3 is 3.00 bits per heavy atom. The van der Waals surface area contributed by atoms with Crippen molar-refractivity contribution in [3.8, 4) is 0 Å². The van der Waals surface area contributed by atoms with Crippen LogP contribution in [0.5, 0.6) is 0 Å². The highest BCUT2D eigenvalue weighted by molar-refractivity contribution is 4.97. The number of ether oxygens (including phenoxy) is 1. The minimum Gasteiger partial charge on any atom is -0.381 e. The van der Waals surface area contributed by atoms with Crippen LogP contribution < -0.4 is 5.73 Å². The summed E-state index contributed by atoms with van der Waals surface area (Å²) in [5, 5.41) is 4.25. The lowest BCUT2D eigenvalue weighted by molar-refractivity contribution is 0.152. The number of hydrogen-bond donors (Lipinski definition) is 1. The minimum atomic E-state index is 0.0691. The maximum atomic E-state index is 5.87. The highest BCUT2D eigenvalue weighted by Crippen LogP contribution is 2.31. The first-order valence-electron chi connectivity index (χ1n) is 5.83. The Morgan fingerprint density at radius 1 is 1.62 bits per heavy atom. The van der Waals surface area contributed by atoms with Gasteiger partial charge in [0.25, 0.3) is 0 Å². The van der Waals surface area contributed by atoms with E-state index in [2.05, 4.69) is 23.9 Å². The van der Waals surface area contributed by atoms with Gasteiger partial charge in [-0.3, -0.25) is 0 Å². The van der Waals surface area contributed by atoms with Gasteiger partial charge in [0.05, 0.1) is 6.61 Å². The summed E-state index contributed by atoms with van der Waals surface area (Å²) < 4.78 is 7.43. The molecule has 1 aromatic rings. The number of aromatic nitrogens is 3. The first-order valence-corrected chi connectivity index (χ1v) is 5.83. The SMILES string of the molecule is CC(C)n1ncnc1CC1(CN)CCOC1. The second kappa shape index (κ2) is 4.51. The average molecular weight is 224 g/mol. The summed E-state index contributed by atoms with van der Waals surface area (Å²) in [5.74, 6) is 1.02. The zero-order chi connectivity index (χ0) is 11.6. The molecule has 1 aliphatic heterocycles. The second-order valence-corrected chi connectivity index (χ2v) is 4.90. The molecule has 1 fully saturated rings. The van der Waals surface area contributed by atoms with E-state index in [-0.39, 0.29) is 5.41 Å². The van der Waals surface area contributed by atoms with Crippen molar-refractivity contribution in [3.63, 3.8) is 0 Å². The molecule has 16 heavy (non-hydrogen) atoms. The van der Waals surface area contributed by atoms with Gasteiger partial charge in [-0.1, -0.05) is 0 Å². The molecule has 90 valence electrons. The van der Waals surface area contributed by atoms with Crippen molar-refractivity contribution in [2.45, 2.75) is 32.7 Å². The highest BCUT2D eigenvalue weighted by Gasteiger charge is 2.35. The Balaban J connectivity index is 2.16. The van der Waals surface area contributed by atoms with Crippen LogP contribution in [0.1, 0.15) is 32.1 Å². The van der Waals surface area contributed by atoms with Gasteiger partial charge < -0.3 is 10.5 Å². The molecule has 1 atom stereocenters. The van der Waals surface area contributed by atoms with E-state index in [0.29, 0.717) is 12.6 Å². The quantitative estimate of drug-likeness (QED) is 0.820. The first kappa shape index (κ1) is 11.5. The predicted molar refractivity (Wildman–Crippen MR) is 61.0 cm³/mol. The predicted octanol–water partition coefficient (Wildman–Crippen LogP) is 0.767. The van der Waals surface area contributed by atoms with Gasteiger partial charge in [-0.15, -0.1) is 0 Å². The van der Waals surface area contributed by atoms with Crippen molar-refractivity contribution in [2.75, 3.05) is 19.8 Å². The van der Waals surface area contributed by atoms with Crippen LogP contribution in [0, 0.1) is 5.41 Å². The number of rotatable bonds is 4. The Morgan fingerprint density at radius 2 is 2.44 bits per heavy atom. The van der Waals surface area contributed by atoms with Gasteiger partial charge in [-0.05, 0) is 20.3 Å². The molecule has 0 saturated carbocycles. The summed E-state index contributed by atoms with van der Waals surface area (Å²) in [6.07, 6.45) is 3.51. The summed E-state index contributed by atoms with van der Waals surface area (Å²) in [5.41, 5.74) is 5.94. The van der Waals surface area contributed by atoms with Crippen molar-refractivity contribution in [2.24, 2.45) is 11.1 Å². The molecule has 5 nitrogen and oxygen atoms in total. The largest absolute Gasteiger partial charge is 0.381 e. The van der Waals surface area contributed by atoms with Gasteiger partial charge in [0.15, 0.2) is 0 Å². The van der Waals surface area contributed by atoms with Crippen molar-refractivity contribution in [1.29, 1.82) is 0 Å². The van der Waals surface area contributed by atoms with E-state index in [1.165, 1.54) is 0 Å². The fourth-order valence-corrected chi connectivity index (χ4v) is 2.19. The molecule has 0 aromatic carbocycles. The summed E-state index contributed by atoms with van der Waals surface area (Å²) in [4.78, 5) is 4.33. The van der Waals surface area contributed by atoms with E-state index in [1.807, 2.05) is 4.68 Å². The number of nitrogens with zero attached hydrogens (tertiary/aromatic N) is 3. The molecule has 0 aliphatic carbocycles. The van der Waals surface area contributed by atoms with Gasteiger partial charge in [-0.25, -0.2) is 9.67 Å². The topological polar surface area (TPSA) is 66.0 Å². The molecule has 1 unspecified atom stereocenters. The molecule has 1 saturated heterocycles. The molecular weight excluding hydrogens is 204 g/mol. The summed E-state index contributed by atoms with van der Waals surface area (Å²) in [6.45, 7) is 6.43. The second-order valence-electron chi connectivity index (χ2n) is 4.90. The van der Waals surface area contributed by atoms with E-state index < -0.39 is 0 Å². The van der Waals surface area contributed by atoms with Crippen LogP contribution in [0.25, 0.3) is 0 Å². The van der Waals surface area contributed by atoms with Gasteiger partial charge in [0, 0.05) is 31.0 Å². The zero-order valence-electron chi connectivity index (χ0n) is 10.0. The fraction of sp³-hybridized carbons (Fsp3) is 0.818. The van der Waals surface area contributed by atoms with E-state index in [1.54, 1.807) is 6.33 Å². The molecule has 1 aromatic heterocycles. The Labute approximate surface area is 96.0 Å². The van der Waals surface area contributed by atoms with Crippen molar-refractivity contribution < 1.29 is 4.74 Å². The Kier molecular flexibility index (Phi) is 3.25.